The number of nitrogens with zero attached hydrogens (tertiary/aromatic N) is 1. The van der Waals surface area contributed by atoms with Crippen molar-refractivity contribution in [3.63, 3.8) is 0 Å². The summed E-state index contributed by atoms with van der Waals surface area (Å²) in [4.78, 5) is 14.5. The third kappa shape index (κ3) is 4.96. The third-order valence-corrected chi connectivity index (χ3v) is 4.18. The van der Waals surface area contributed by atoms with Crippen LogP contribution in [0, 0.1) is 0 Å². The minimum absolute atomic E-state index is 0.0126. The average molecular weight is 330 g/mol. The molecule has 0 spiro atoms. The van der Waals surface area contributed by atoms with Crippen LogP contribution in [0.3, 0.4) is 0 Å². The first-order chi connectivity index (χ1) is 10.1. The van der Waals surface area contributed by atoms with Gasteiger partial charge in [0.15, 0.2) is 5.78 Å². The van der Waals surface area contributed by atoms with Gasteiger partial charge in [0.2, 0.25) is 0 Å². The predicted octanol–water partition coefficient (Wildman–Crippen LogP) is 4.07. The lowest BCUT2D eigenvalue weighted by Gasteiger charge is -2.32. The number of halogens is 2. The minimum atomic E-state index is 0.0126. The Labute approximate surface area is 136 Å². The van der Waals surface area contributed by atoms with Crippen molar-refractivity contribution in [2.24, 2.45) is 0 Å². The summed E-state index contributed by atoms with van der Waals surface area (Å²) in [7, 11) is 0. The number of carbonyl (C=O) groups excluding carboxylic acids is 1. The molecule has 0 aromatic heterocycles. The zero-order valence-corrected chi connectivity index (χ0v) is 13.8. The Kier molecular flexibility index (Phi) is 6.49. The maximum Gasteiger partial charge on any atom is 0.178 e. The largest absolute Gasteiger partial charge is 0.377 e. The van der Waals surface area contributed by atoms with Gasteiger partial charge in [-0.3, -0.25) is 9.69 Å². The first-order valence-corrected chi connectivity index (χ1v) is 8.18. The van der Waals surface area contributed by atoms with Crippen LogP contribution in [0.25, 0.3) is 0 Å². The fourth-order valence-electron chi connectivity index (χ4n) is 2.58. The maximum absolute atomic E-state index is 12.4. The van der Waals surface area contributed by atoms with Crippen molar-refractivity contribution in [1.29, 1.82) is 0 Å². The molecule has 5 heteroatoms. The fourth-order valence-corrected chi connectivity index (χ4v) is 2.97. The molecule has 1 aromatic rings. The molecule has 1 heterocycles. The lowest BCUT2D eigenvalue weighted by molar-refractivity contribution is 0.00131. The Hall–Kier alpha value is -0.610. The van der Waals surface area contributed by atoms with Gasteiger partial charge in [0.05, 0.1) is 17.7 Å². The minimum Gasteiger partial charge on any atom is -0.377 e. The van der Waals surface area contributed by atoms with Crippen LogP contribution in [0.15, 0.2) is 18.2 Å². The standard InChI is InChI=1S/C16H21Cl2NO2/c1-2-8-21-13-4-3-7-19(10-13)11-16(20)14-9-12(17)5-6-15(14)18/h5-6,9,13H,2-4,7-8,10-11H2,1H3. The van der Waals surface area contributed by atoms with E-state index in [-0.39, 0.29) is 11.9 Å². The van der Waals surface area contributed by atoms with Gasteiger partial charge in [-0.1, -0.05) is 30.1 Å². The zero-order chi connectivity index (χ0) is 15.2. The monoisotopic (exact) mass is 329 g/mol. The van der Waals surface area contributed by atoms with Crippen LogP contribution < -0.4 is 0 Å². The van der Waals surface area contributed by atoms with Gasteiger partial charge in [-0.2, -0.15) is 0 Å². The van der Waals surface area contributed by atoms with E-state index in [1.54, 1.807) is 18.2 Å². The number of carbonyl (C=O) groups is 1. The lowest BCUT2D eigenvalue weighted by Crippen LogP contribution is -2.42. The Morgan fingerprint density at radius 3 is 3.00 bits per heavy atom. The van der Waals surface area contributed by atoms with E-state index < -0.39 is 0 Å². The molecular weight excluding hydrogens is 309 g/mol. The second-order valence-electron chi connectivity index (χ2n) is 5.42. The lowest BCUT2D eigenvalue weighted by atomic mass is 10.1. The number of piperidine rings is 1. The number of hydrogen-bond acceptors (Lipinski definition) is 3. The number of ketones is 1. The van der Waals surface area contributed by atoms with Gasteiger partial charge in [-0.25, -0.2) is 0 Å². The van der Waals surface area contributed by atoms with E-state index in [2.05, 4.69) is 11.8 Å². The highest BCUT2D eigenvalue weighted by molar-refractivity contribution is 6.36. The summed E-state index contributed by atoms with van der Waals surface area (Å²) in [6, 6.07) is 5.00. The molecule has 1 saturated heterocycles. The highest BCUT2D eigenvalue weighted by atomic mass is 35.5. The van der Waals surface area contributed by atoms with E-state index in [9.17, 15) is 4.79 Å². The van der Waals surface area contributed by atoms with Gasteiger partial charge in [0, 0.05) is 23.7 Å². The molecule has 0 aliphatic carbocycles. The van der Waals surface area contributed by atoms with Crippen molar-refractivity contribution in [3.05, 3.63) is 33.8 Å². The first kappa shape index (κ1) is 16.8. The smallest absolute Gasteiger partial charge is 0.178 e. The first-order valence-electron chi connectivity index (χ1n) is 7.42. The Bertz CT molecular complexity index is 493. The second kappa shape index (κ2) is 8.14. The van der Waals surface area contributed by atoms with Crippen molar-refractivity contribution in [3.8, 4) is 0 Å². The summed E-state index contributed by atoms with van der Waals surface area (Å²) < 4.78 is 5.79. The van der Waals surface area contributed by atoms with Crippen LogP contribution in [0.1, 0.15) is 36.5 Å². The van der Waals surface area contributed by atoms with E-state index in [0.717, 1.165) is 39.0 Å². The summed E-state index contributed by atoms with van der Waals surface area (Å²) in [6.07, 6.45) is 3.39. The fraction of sp³-hybridized carbons (Fsp3) is 0.562. The SMILES string of the molecule is CCCOC1CCCN(CC(=O)c2cc(Cl)ccc2Cl)C1. The van der Waals surface area contributed by atoms with E-state index >= 15 is 0 Å². The molecule has 0 N–H and O–H groups in total. The normalized spacial score (nSPS) is 19.7. The van der Waals surface area contributed by atoms with Crippen molar-refractivity contribution >= 4 is 29.0 Å². The summed E-state index contributed by atoms with van der Waals surface area (Å²) in [5.41, 5.74) is 0.501. The second-order valence-corrected chi connectivity index (χ2v) is 6.26. The van der Waals surface area contributed by atoms with Gasteiger partial charge in [-0.05, 0) is 44.0 Å². The molecule has 2 rings (SSSR count). The van der Waals surface area contributed by atoms with E-state index in [4.69, 9.17) is 27.9 Å². The van der Waals surface area contributed by atoms with Crippen molar-refractivity contribution in [2.45, 2.75) is 32.3 Å². The number of likely N-dealkylation sites (tertiary alicyclic amines) is 1. The summed E-state index contributed by atoms with van der Waals surface area (Å²) in [6.45, 7) is 4.99. The van der Waals surface area contributed by atoms with E-state index in [1.807, 2.05) is 0 Å². The molecule has 1 atom stereocenters. The molecule has 1 aliphatic rings. The van der Waals surface area contributed by atoms with Crippen LogP contribution in [-0.4, -0.2) is 43.0 Å². The van der Waals surface area contributed by atoms with Gasteiger partial charge >= 0.3 is 0 Å². The Morgan fingerprint density at radius 2 is 2.24 bits per heavy atom. The van der Waals surface area contributed by atoms with Crippen LogP contribution >= 0.6 is 23.2 Å². The maximum atomic E-state index is 12.4. The number of ether oxygens (including phenoxy) is 1. The molecule has 116 valence electrons. The van der Waals surface area contributed by atoms with Crippen LogP contribution in [-0.2, 0) is 4.74 Å². The zero-order valence-electron chi connectivity index (χ0n) is 12.3. The van der Waals surface area contributed by atoms with Crippen molar-refractivity contribution in [2.75, 3.05) is 26.2 Å². The quantitative estimate of drug-likeness (QED) is 0.737. The molecule has 0 saturated carbocycles. The van der Waals surface area contributed by atoms with Crippen LogP contribution in [0.2, 0.25) is 10.0 Å². The van der Waals surface area contributed by atoms with Gasteiger partial charge in [0.1, 0.15) is 0 Å². The molecule has 1 aliphatic heterocycles. The number of benzene rings is 1. The Balaban J connectivity index is 1.94. The van der Waals surface area contributed by atoms with Gasteiger partial charge in [0.25, 0.3) is 0 Å². The van der Waals surface area contributed by atoms with Crippen molar-refractivity contribution < 1.29 is 9.53 Å². The highest BCUT2D eigenvalue weighted by Crippen LogP contribution is 2.22. The third-order valence-electron chi connectivity index (χ3n) is 3.62. The van der Waals surface area contributed by atoms with E-state index in [1.165, 1.54) is 0 Å². The van der Waals surface area contributed by atoms with Crippen molar-refractivity contribution in [1.82, 2.24) is 4.90 Å². The van der Waals surface area contributed by atoms with Gasteiger partial charge in [-0.15, -0.1) is 0 Å². The molecular formula is C16H21Cl2NO2. The molecule has 3 nitrogen and oxygen atoms in total. The average Bonchev–Trinajstić information content (AvgIpc) is 2.48. The molecule has 21 heavy (non-hydrogen) atoms. The molecule has 1 unspecified atom stereocenters. The van der Waals surface area contributed by atoms with Gasteiger partial charge < -0.3 is 4.74 Å². The number of rotatable bonds is 6. The molecule has 0 bridgehead atoms. The van der Waals surface area contributed by atoms with Crippen LogP contribution in [0.5, 0.6) is 0 Å². The molecule has 1 aromatic carbocycles. The number of hydrogen-bond donors (Lipinski definition) is 0. The molecule has 0 amide bonds. The predicted molar refractivity (Wildman–Crippen MR) is 86.5 cm³/mol. The van der Waals surface area contributed by atoms with Crippen LogP contribution in [0.4, 0.5) is 0 Å². The summed E-state index contributed by atoms with van der Waals surface area (Å²) >= 11 is 12.0. The van der Waals surface area contributed by atoms with E-state index in [0.29, 0.717) is 22.2 Å². The highest BCUT2D eigenvalue weighted by Gasteiger charge is 2.23. The topological polar surface area (TPSA) is 29.5 Å². The Morgan fingerprint density at radius 1 is 1.43 bits per heavy atom. The summed E-state index contributed by atoms with van der Waals surface area (Å²) in [5, 5.41) is 0.991. The summed E-state index contributed by atoms with van der Waals surface area (Å²) in [5.74, 6) is 0.0126. The molecule has 1 fully saturated rings. The number of Topliss-reactive ketones (excluding diaryl/α,β-unsaturated/α-hetero) is 1. The molecule has 0 radical (unpaired) electrons.